The Bertz CT molecular complexity index is 1390. The van der Waals surface area contributed by atoms with Crippen LogP contribution in [0.15, 0.2) is 83.4 Å². The number of aromatic carboxylic acids is 1. The molecule has 4 aromatic rings. The van der Waals surface area contributed by atoms with Crippen LogP contribution in [0, 0.1) is 12.7 Å². The van der Waals surface area contributed by atoms with Gasteiger partial charge < -0.3 is 19.7 Å². The Hall–Kier alpha value is -4.04. The lowest BCUT2D eigenvalue weighted by molar-refractivity contribution is 0.0696. The van der Waals surface area contributed by atoms with Crippen LogP contribution in [0.25, 0.3) is 11.3 Å². The molecular formula is C26H20FN3O3S. The predicted octanol–water partition coefficient (Wildman–Crippen LogP) is 5.66. The van der Waals surface area contributed by atoms with Crippen LogP contribution < -0.4 is 10.2 Å². The molecule has 1 saturated heterocycles. The summed E-state index contributed by atoms with van der Waals surface area (Å²) in [5.41, 5.74) is 2.83. The second-order valence-electron chi connectivity index (χ2n) is 7.98. The molecule has 5 rings (SSSR count). The summed E-state index contributed by atoms with van der Waals surface area (Å²) >= 11 is 5.62. The number of hydrogen-bond acceptors (Lipinski definition) is 4. The van der Waals surface area contributed by atoms with Crippen molar-refractivity contribution in [3.63, 3.8) is 0 Å². The third-order valence-electron chi connectivity index (χ3n) is 5.87. The van der Waals surface area contributed by atoms with Gasteiger partial charge in [0.2, 0.25) is 0 Å². The zero-order valence-corrected chi connectivity index (χ0v) is 18.9. The number of nitrogens with zero attached hydrogens (tertiary/aromatic N) is 2. The summed E-state index contributed by atoms with van der Waals surface area (Å²) < 4.78 is 21.1. The number of carboxylic acids is 1. The van der Waals surface area contributed by atoms with E-state index in [0.29, 0.717) is 22.3 Å². The number of benzene rings is 2. The van der Waals surface area contributed by atoms with Gasteiger partial charge in [0.25, 0.3) is 0 Å². The van der Waals surface area contributed by atoms with Crippen molar-refractivity contribution in [3.05, 3.63) is 107 Å². The number of aromatic nitrogens is 1. The Labute approximate surface area is 200 Å². The van der Waals surface area contributed by atoms with Crippen LogP contribution in [0.4, 0.5) is 10.1 Å². The van der Waals surface area contributed by atoms with Crippen LogP contribution in [0.5, 0.6) is 0 Å². The molecule has 6 nitrogen and oxygen atoms in total. The number of hydrogen-bond donors (Lipinski definition) is 2. The number of furan rings is 1. The number of para-hydroxylation sites is 1. The molecule has 8 heteroatoms. The van der Waals surface area contributed by atoms with Gasteiger partial charge in [-0.15, -0.1) is 0 Å². The third-order valence-corrected chi connectivity index (χ3v) is 6.18. The van der Waals surface area contributed by atoms with Crippen molar-refractivity contribution >= 4 is 29.0 Å². The van der Waals surface area contributed by atoms with Crippen molar-refractivity contribution in [2.24, 2.45) is 0 Å². The lowest BCUT2D eigenvalue weighted by Gasteiger charge is -2.26. The molecule has 170 valence electrons. The molecule has 3 heterocycles. The molecule has 0 unspecified atom stereocenters. The van der Waals surface area contributed by atoms with Crippen LogP contribution in [0.3, 0.4) is 0 Å². The van der Waals surface area contributed by atoms with Crippen molar-refractivity contribution in [2.45, 2.75) is 19.0 Å². The fourth-order valence-electron chi connectivity index (χ4n) is 4.28. The first kappa shape index (κ1) is 21.8. The normalized spacial score (nSPS) is 17.6. The molecule has 1 aliphatic rings. The van der Waals surface area contributed by atoms with Gasteiger partial charge in [-0.05, 0) is 73.2 Å². The van der Waals surface area contributed by atoms with Crippen molar-refractivity contribution in [3.8, 4) is 11.3 Å². The van der Waals surface area contributed by atoms with Crippen LogP contribution in [-0.4, -0.2) is 21.2 Å². The van der Waals surface area contributed by atoms with E-state index in [0.717, 1.165) is 16.8 Å². The number of aryl methyl sites for hydroxylation is 1. The minimum absolute atomic E-state index is 0.208. The first-order chi connectivity index (χ1) is 16.4. The Morgan fingerprint density at radius 3 is 2.62 bits per heavy atom. The second-order valence-corrected chi connectivity index (χ2v) is 8.37. The Kier molecular flexibility index (Phi) is 5.59. The van der Waals surface area contributed by atoms with Gasteiger partial charge in [0, 0.05) is 11.8 Å². The summed E-state index contributed by atoms with van der Waals surface area (Å²) in [4.78, 5) is 17.5. The smallest absolute Gasteiger partial charge is 0.335 e. The number of nitrogens with one attached hydrogen (secondary N) is 1. The Morgan fingerprint density at radius 2 is 1.91 bits per heavy atom. The van der Waals surface area contributed by atoms with E-state index < -0.39 is 17.8 Å². The molecule has 34 heavy (non-hydrogen) atoms. The lowest BCUT2D eigenvalue weighted by Crippen LogP contribution is -2.30. The molecule has 0 radical (unpaired) electrons. The number of carboxylic acid groups (broad SMARTS) is 1. The minimum Gasteiger partial charge on any atom is -0.478 e. The number of pyridine rings is 1. The summed E-state index contributed by atoms with van der Waals surface area (Å²) in [7, 11) is 0. The van der Waals surface area contributed by atoms with Crippen LogP contribution in [-0.2, 0) is 0 Å². The fourth-order valence-corrected chi connectivity index (χ4v) is 4.62. The van der Waals surface area contributed by atoms with Crippen LogP contribution in [0.1, 0.15) is 39.5 Å². The zero-order valence-electron chi connectivity index (χ0n) is 18.1. The van der Waals surface area contributed by atoms with E-state index in [1.807, 2.05) is 37.3 Å². The van der Waals surface area contributed by atoms with Gasteiger partial charge in [0.05, 0.1) is 23.0 Å². The maximum absolute atomic E-state index is 14.8. The SMILES string of the molecule is Cc1cc(C(=O)O)ccc1-c1ccc([C@@H]2[C@H](c3ccccn3)NC(=S)N2c2ccccc2F)o1. The van der Waals surface area contributed by atoms with Gasteiger partial charge in [-0.3, -0.25) is 4.98 Å². The number of rotatable bonds is 5. The molecule has 2 atom stereocenters. The van der Waals surface area contributed by atoms with E-state index in [1.165, 1.54) is 6.07 Å². The van der Waals surface area contributed by atoms with E-state index in [2.05, 4.69) is 10.3 Å². The van der Waals surface area contributed by atoms with Crippen LogP contribution in [0.2, 0.25) is 0 Å². The van der Waals surface area contributed by atoms with Crippen molar-refractivity contribution in [1.29, 1.82) is 0 Å². The first-order valence-corrected chi connectivity index (χ1v) is 11.0. The molecule has 0 bridgehead atoms. The number of halogens is 1. The highest BCUT2D eigenvalue weighted by atomic mass is 32.1. The number of anilines is 1. The van der Waals surface area contributed by atoms with Crippen molar-refractivity contribution < 1.29 is 18.7 Å². The minimum atomic E-state index is -0.987. The molecule has 0 aliphatic carbocycles. The first-order valence-electron chi connectivity index (χ1n) is 10.6. The molecule has 0 spiro atoms. The predicted molar refractivity (Wildman–Crippen MR) is 130 cm³/mol. The van der Waals surface area contributed by atoms with Gasteiger partial charge >= 0.3 is 5.97 Å². The highest BCUT2D eigenvalue weighted by Gasteiger charge is 2.43. The maximum Gasteiger partial charge on any atom is 0.335 e. The van der Waals surface area contributed by atoms with Crippen molar-refractivity contribution in [2.75, 3.05) is 4.90 Å². The molecule has 0 saturated carbocycles. The van der Waals surface area contributed by atoms with E-state index in [4.69, 9.17) is 16.6 Å². The molecule has 2 aromatic carbocycles. The standard InChI is InChI=1S/C26H20FN3O3S/c1-15-14-16(25(31)32)9-10-17(15)21-11-12-22(33-21)24-23(19-7-4-5-13-28-19)29-26(34)30(24)20-8-3-2-6-18(20)27/h2-14,23-24H,1H3,(H,29,34)(H,31,32)/t23-,24+/m0/s1. The highest BCUT2D eigenvalue weighted by Crippen LogP contribution is 2.43. The van der Waals surface area contributed by atoms with Gasteiger partial charge in [-0.1, -0.05) is 24.3 Å². The number of carbonyl (C=O) groups is 1. The monoisotopic (exact) mass is 473 g/mol. The molecule has 2 N–H and O–H groups in total. The highest BCUT2D eigenvalue weighted by molar-refractivity contribution is 7.80. The third kappa shape index (κ3) is 3.82. The quantitative estimate of drug-likeness (QED) is 0.362. The summed E-state index contributed by atoms with van der Waals surface area (Å²) in [6.45, 7) is 1.83. The summed E-state index contributed by atoms with van der Waals surface area (Å²) in [6.07, 6.45) is 1.70. The van der Waals surface area contributed by atoms with E-state index in [9.17, 15) is 14.3 Å². The summed E-state index contributed by atoms with van der Waals surface area (Å²) in [6, 6.07) is 19.7. The Balaban J connectivity index is 1.60. The van der Waals surface area contributed by atoms with Crippen molar-refractivity contribution in [1.82, 2.24) is 10.3 Å². The second kappa shape index (κ2) is 8.72. The van der Waals surface area contributed by atoms with E-state index >= 15 is 0 Å². The fraction of sp³-hybridized carbons (Fsp3) is 0.115. The molecule has 1 aliphatic heterocycles. The Morgan fingerprint density at radius 1 is 1.12 bits per heavy atom. The average molecular weight is 474 g/mol. The average Bonchev–Trinajstić information content (AvgIpc) is 3.44. The summed E-state index contributed by atoms with van der Waals surface area (Å²) in [5.74, 6) is -0.234. The van der Waals surface area contributed by atoms with Crippen LogP contribution >= 0.6 is 12.2 Å². The van der Waals surface area contributed by atoms with E-state index in [1.54, 1.807) is 47.5 Å². The van der Waals surface area contributed by atoms with Gasteiger partial charge in [-0.2, -0.15) is 0 Å². The van der Waals surface area contributed by atoms with Gasteiger partial charge in [-0.25, -0.2) is 9.18 Å². The van der Waals surface area contributed by atoms with E-state index in [-0.39, 0.29) is 11.6 Å². The number of thiocarbonyl (C=S) groups is 1. The summed E-state index contributed by atoms with van der Waals surface area (Å²) in [5, 5.41) is 12.9. The molecule has 2 aromatic heterocycles. The van der Waals surface area contributed by atoms with Gasteiger partial charge in [0.15, 0.2) is 5.11 Å². The molecular weight excluding hydrogens is 453 g/mol. The largest absolute Gasteiger partial charge is 0.478 e. The molecule has 0 amide bonds. The zero-order chi connectivity index (χ0) is 23.8. The topological polar surface area (TPSA) is 78.6 Å². The lowest BCUT2D eigenvalue weighted by atomic mass is 10.0. The molecule has 1 fully saturated rings. The maximum atomic E-state index is 14.8. The van der Waals surface area contributed by atoms with Gasteiger partial charge in [0.1, 0.15) is 23.4 Å².